The van der Waals surface area contributed by atoms with Crippen molar-refractivity contribution in [3.05, 3.63) is 63.5 Å². The highest BCUT2D eigenvalue weighted by atomic mass is 127. The summed E-state index contributed by atoms with van der Waals surface area (Å²) < 4.78 is 2.70. The second-order valence-corrected chi connectivity index (χ2v) is 8.46. The number of benzene rings is 2. The van der Waals surface area contributed by atoms with Gasteiger partial charge in [-0.25, -0.2) is 0 Å². The molecular formula is C18H13IN6OS2. The van der Waals surface area contributed by atoms with Crippen molar-refractivity contribution in [1.82, 2.24) is 25.1 Å². The number of aryl methyl sites for hydroxylation is 1. The number of hydrogen-bond donors (Lipinski definition) is 2. The van der Waals surface area contributed by atoms with E-state index in [9.17, 15) is 4.79 Å². The molecule has 2 heterocycles. The predicted molar refractivity (Wildman–Crippen MR) is 122 cm³/mol. The average molecular weight is 520 g/mol. The average Bonchev–Trinajstić information content (AvgIpc) is 3.24. The molecule has 0 aliphatic rings. The van der Waals surface area contributed by atoms with Gasteiger partial charge in [-0.1, -0.05) is 29.5 Å². The van der Waals surface area contributed by atoms with Crippen molar-refractivity contribution in [2.75, 3.05) is 5.32 Å². The summed E-state index contributed by atoms with van der Waals surface area (Å²) in [5.74, 6) is 0.488. The number of amides is 1. The van der Waals surface area contributed by atoms with Crippen LogP contribution in [-0.4, -0.2) is 30.8 Å². The SMILES string of the molecule is Cc1nnc2sc(-c3cccc(NC(=S)NC(=O)c4cccc(I)c4)c3)nn12. The van der Waals surface area contributed by atoms with Crippen LogP contribution < -0.4 is 10.6 Å². The largest absolute Gasteiger partial charge is 0.332 e. The lowest BCUT2D eigenvalue weighted by Gasteiger charge is -2.10. The van der Waals surface area contributed by atoms with Gasteiger partial charge in [0, 0.05) is 20.4 Å². The molecule has 2 N–H and O–H groups in total. The molecule has 4 aromatic rings. The first kappa shape index (κ1) is 18.9. The molecule has 7 nitrogen and oxygen atoms in total. The van der Waals surface area contributed by atoms with Gasteiger partial charge >= 0.3 is 0 Å². The van der Waals surface area contributed by atoms with Crippen LogP contribution in [0.3, 0.4) is 0 Å². The Morgan fingerprint density at radius 3 is 2.79 bits per heavy atom. The molecule has 0 bridgehead atoms. The molecular weight excluding hydrogens is 507 g/mol. The van der Waals surface area contributed by atoms with E-state index in [0.717, 1.165) is 30.6 Å². The molecule has 0 atom stereocenters. The Hall–Kier alpha value is -2.44. The standard InChI is InChI=1S/C18H13IN6OS2/c1-10-22-23-18-25(10)24-16(28-18)12-5-3-7-14(9-12)20-17(27)21-15(26)11-4-2-6-13(19)8-11/h2-9H,1H3,(H2,20,21,26,27). The summed E-state index contributed by atoms with van der Waals surface area (Å²) in [5.41, 5.74) is 2.24. The Morgan fingerprint density at radius 1 is 1.18 bits per heavy atom. The van der Waals surface area contributed by atoms with Crippen molar-refractivity contribution in [3.8, 4) is 10.6 Å². The van der Waals surface area contributed by atoms with E-state index in [1.54, 1.807) is 16.6 Å². The lowest BCUT2D eigenvalue weighted by atomic mass is 10.2. The molecule has 0 spiro atoms. The number of nitrogens with one attached hydrogen (secondary N) is 2. The highest BCUT2D eigenvalue weighted by Crippen LogP contribution is 2.27. The zero-order chi connectivity index (χ0) is 19.7. The van der Waals surface area contributed by atoms with Gasteiger partial charge in [0.05, 0.1) is 0 Å². The van der Waals surface area contributed by atoms with Crippen LogP contribution in [0, 0.1) is 10.5 Å². The summed E-state index contributed by atoms with van der Waals surface area (Å²) in [6.45, 7) is 1.86. The third kappa shape index (κ3) is 4.03. The number of nitrogens with zero attached hydrogens (tertiary/aromatic N) is 4. The van der Waals surface area contributed by atoms with Gasteiger partial charge < -0.3 is 5.32 Å². The number of aromatic nitrogens is 4. The summed E-state index contributed by atoms with van der Waals surface area (Å²) in [6, 6.07) is 15.0. The normalized spacial score (nSPS) is 10.8. The minimum atomic E-state index is -0.253. The second-order valence-electron chi connectivity index (χ2n) is 5.85. The van der Waals surface area contributed by atoms with Crippen molar-refractivity contribution < 1.29 is 4.79 Å². The van der Waals surface area contributed by atoms with E-state index in [0.29, 0.717) is 5.56 Å². The van der Waals surface area contributed by atoms with Crippen LogP contribution in [0.5, 0.6) is 0 Å². The lowest BCUT2D eigenvalue weighted by Crippen LogP contribution is -2.34. The maximum absolute atomic E-state index is 12.3. The van der Waals surface area contributed by atoms with Crippen LogP contribution in [0.4, 0.5) is 5.69 Å². The van der Waals surface area contributed by atoms with Crippen LogP contribution in [0.2, 0.25) is 0 Å². The van der Waals surface area contributed by atoms with E-state index < -0.39 is 0 Å². The zero-order valence-electron chi connectivity index (χ0n) is 14.5. The second kappa shape index (κ2) is 7.89. The van der Waals surface area contributed by atoms with E-state index >= 15 is 0 Å². The first-order valence-corrected chi connectivity index (χ1v) is 10.5. The molecule has 28 heavy (non-hydrogen) atoms. The number of halogens is 1. The third-order valence-electron chi connectivity index (χ3n) is 3.83. The lowest BCUT2D eigenvalue weighted by molar-refractivity contribution is 0.0977. The number of thiocarbonyl (C=S) groups is 1. The van der Waals surface area contributed by atoms with E-state index in [1.165, 1.54) is 11.3 Å². The van der Waals surface area contributed by atoms with Crippen LogP contribution in [0.15, 0.2) is 48.5 Å². The minimum Gasteiger partial charge on any atom is -0.332 e. The molecule has 2 aromatic heterocycles. The maximum atomic E-state index is 12.3. The zero-order valence-corrected chi connectivity index (χ0v) is 18.3. The molecule has 0 unspecified atom stereocenters. The van der Waals surface area contributed by atoms with E-state index in [-0.39, 0.29) is 11.0 Å². The Bertz CT molecular complexity index is 1200. The summed E-state index contributed by atoms with van der Waals surface area (Å²) in [6.07, 6.45) is 0. The van der Waals surface area contributed by atoms with Gasteiger partial charge in [0.1, 0.15) is 5.01 Å². The van der Waals surface area contributed by atoms with Crippen molar-refractivity contribution >= 4 is 67.8 Å². The first-order chi connectivity index (χ1) is 13.5. The fourth-order valence-corrected chi connectivity index (χ4v) is 4.16. The van der Waals surface area contributed by atoms with Crippen LogP contribution >= 0.6 is 46.1 Å². The van der Waals surface area contributed by atoms with Gasteiger partial charge in [-0.05, 0) is 72.1 Å². The fraction of sp³-hybridized carbons (Fsp3) is 0.0556. The maximum Gasteiger partial charge on any atom is 0.257 e. The summed E-state index contributed by atoms with van der Waals surface area (Å²) in [7, 11) is 0. The van der Waals surface area contributed by atoms with Gasteiger partial charge in [-0.3, -0.25) is 10.1 Å². The Balaban J connectivity index is 1.48. The number of hydrogen-bond acceptors (Lipinski definition) is 6. The van der Waals surface area contributed by atoms with Crippen molar-refractivity contribution in [1.29, 1.82) is 0 Å². The summed E-state index contributed by atoms with van der Waals surface area (Å²) in [5, 5.41) is 19.4. The van der Waals surface area contributed by atoms with Gasteiger partial charge in [0.25, 0.3) is 5.91 Å². The molecule has 0 radical (unpaired) electrons. The van der Waals surface area contributed by atoms with Crippen molar-refractivity contribution in [2.24, 2.45) is 0 Å². The van der Waals surface area contributed by atoms with E-state index in [2.05, 4.69) is 48.5 Å². The van der Waals surface area contributed by atoms with Crippen molar-refractivity contribution in [2.45, 2.75) is 6.92 Å². The predicted octanol–water partition coefficient (Wildman–Crippen LogP) is 3.89. The number of fused-ring (bicyclic) bond motifs is 1. The van der Waals surface area contributed by atoms with Gasteiger partial charge in [-0.15, -0.1) is 10.2 Å². The number of anilines is 1. The molecule has 2 aromatic carbocycles. The topological polar surface area (TPSA) is 84.2 Å². The number of carbonyl (C=O) groups is 1. The molecule has 140 valence electrons. The molecule has 0 fully saturated rings. The Labute approximate surface area is 183 Å². The van der Waals surface area contributed by atoms with Gasteiger partial charge in [0.15, 0.2) is 10.9 Å². The Kier molecular flexibility index (Phi) is 5.33. The summed E-state index contributed by atoms with van der Waals surface area (Å²) in [4.78, 5) is 13.1. The summed E-state index contributed by atoms with van der Waals surface area (Å²) >= 11 is 8.90. The van der Waals surface area contributed by atoms with Gasteiger partial charge in [0.2, 0.25) is 4.96 Å². The van der Waals surface area contributed by atoms with Crippen LogP contribution in [0.1, 0.15) is 16.2 Å². The molecule has 0 aliphatic heterocycles. The fourth-order valence-electron chi connectivity index (χ4n) is 2.53. The minimum absolute atomic E-state index is 0.231. The van der Waals surface area contributed by atoms with E-state index in [1.807, 2.05) is 43.3 Å². The first-order valence-electron chi connectivity index (χ1n) is 8.17. The third-order valence-corrected chi connectivity index (χ3v) is 5.65. The number of carbonyl (C=O) groups excluding carboxylic acids is 1. The molecule has 0 saturated carbocycles. The highest BCUT2D eigenvalue weighted by Gasteiger charge is 2.12. The Morgan fingerprint density at radius 2 is 2.00 bits per heavy atom. The molecule has 0 aliphatic carbocycles. The molecule has 10 heteroatoms. The van der Waals surface area contributed by atoms with E-state index in [4.69, 9.17) is 12.2 Å². The quantitative estimate of drug-likeness (QED) is 0.315. The monoisotopic (exact) mass is 520 g/mol. The van der Waals surface area contributed by atoms with Crippen LogP contribution in [0.25, 0.3) is 15.5 Å². The molecule has 1 amide bonds. The molecule has 4 rings (SSSR count). The van der Waals surface area contributed by atoms with Crippen molar-refractivity contribution in [3.63, 3.8) is 0 Å². The van der Waals surface area contributed by atoms with Crippen LogP contribution in [-0.2, 0) is 0 Å². The smallest absolute Gasteiger partial charge is 0.257 e. The molecule has 0 saturated heterocycles. The van der Waals surface area contributed by atoms with Gasteiger partial charge in [-0.2, -0.15) is 9.61 Å². The number of rotatable bonds is 3. The highest BCUT2D eigenvalue weighted by molar-refractivity contribution is 14.1.